The van der Waals surface area contributed by atoms with Gasteiger partial charge in [0.2, 0.25) is 20.0 Å². The van der Waals surface area contributed by atoms with Gasteiger partial charge < -0.3 is 0 Å². The molecule has 3 aromatic rings. The Hall–Kier alpha value is -2.66. The molecular formula is C20H18F2N2O4S2. The van der Waals surface area contributed by atoms with Crippen LogP contribution in [0.2, 0.25) is 0 Å². The average Bonchev–Trinajstić information content (AvgIpc) is 2.72. The number of benzene rings is 3. The van der Waals surface area contributed by atoms with Gasteiger partial charge in [0.05, 0.1) is 9.79 Å². The Labute approximate surface area is 173 Å². The summed E-state index contributed by atoms with van der Waals surface area (Å²) in [6, 6.07) is 15.6. The maximum absolute atomic E-state index is 12.9. The third kappa shape index (κ3) is 5.70. The second kappa shape index (κ2) is 9.00. The lowest BCUT2D eigenvalue weighted by atomic mass is 10.1. The van der Waals surface area contributed by atoms with Crippen LogP contribution in [0.1, 0.15) is 11.1 Å². The number of hydrogen-bond donors (Lipinski definition) is 2. The van der Waals surface area contributed by atoms with Crippen molar-refractivity contribution in [3.8, 4) is 0 Å². The molecule has 6 nitrogen and oxygen atoms in total. The molecule has 3 aromatic carbocycles. The van der Waals surface area contributed by atoms with E-state index in [9.17, 15) is 25.6 Å². The van der Waals surface area contributed by atoms with E-state index >= 15 is 0 Å². The molecule has 0 aliphatic carbocycles. The first-order valence-corrected chi connectivity index (χ1v) is 11.7. The van der Waals surface area contributed by atoms with Crippen LogP contribution in [0.25, 0.3) is 0 Å². The number of sulfonamides is 2. The molecule has 158 valence electrons. The molecule has 0 radical (unpaired) electrons. The standard InChI is InChI=1S/C20H18F2N2O4S2/c21-17-5-9-19(10-6-17)29(25,26)23-13-15-1-2-16(4-3-15)14-24-30(27,28)20-11-7-18(22)8-12-20/h1-12,23-24H,13-14H2. The molecule has 0 amide bonds. The maximum Gasteiger partial charge on any atom is 0.240 e. The molecule has 2 N–H and O–H groups in total. The van der Waals surface area contributed by atoms with Gasteiger partial charge in [-0.05, 0) is 59.7 Å². The normalized spacial score (nSPS) is 12.1. The molecule has 0 unspecified atom stereocenters. The van der Waals surface area contributed by atoms with Gasteiger partial charge in [-0.15, -0.1) is 0 Å². The summed E-state index contributed by atoms with van der Waals surface area (Å²) in [7, 11) is -7.57. The highest BCUT2D eigenvalue weighted by molar-refractivity contribution is 7.89. The Balaban J connectivity index is 1.58. The number of hydrogen-bond acceptors (Lipinski definition) is 4. The summed E-state index contributed by atoms with van der Waals surface area (Å²) in [5.74, 6) is -1.06. The van der Waals surface area contributed by atoms with Crippen LogP contribution >= 0.6 is 0 Å². The fourth-order valence-corrected chi connectivity index (χ4v) is 4.56. The molecular weight excluding hydrogens is 434 g/mol. The maximum atomic E-state index is 12.9. The first kappa shape index (κ1) is 22.0. The summed E-state index contributed by atoms with van der Waals surface area (Å²) in [5, 5.41) is 0. The van der Waals surface area contributed by atoms with E-state index in [-0.39, 0.29) is 22.9 Å². The lowest BCUT2D eigenvalue weighted by molar-refractivity contribution is 0.578. The fraction of sp³-hybridized carbons (Fsp3) is 0.100. The van der Waals surface area contributed by atoms with E-state index in [0.29, 0.717) is 11.1 Å². The Morgan fingerprint density at radius 2 is 0.833 bits per heavy atom. The van der Waals surface area contributed by atoms with Crippen molar-refractivity contribution in [2.24, 2.45) is 0 Å². The van der Waals surface area contributed by atoms with Crippen LogP contribution in [-0.4, -0.2) is 16.8 Å². The van der Waals surface area contributed by atoms with Crippen LogP contribution in [0.3, 0.4) is 0 Å². The van der Waals surface area contributed by atoms with Gasteiger partial charge in [-0.1, -0.05) is 24.3 Å². The molecule has 3 rings (SSSR count). The Morgan fingerprint density at radius 1 is 0.533 bits per heavy atom. The molecule has 0 bridgehead atoms. The summed E-state index contributed by atoms with van der Waals surface area (Å²) in [4.78, 5) is -0.0913. The lowest BCUT2D eigenvalue weighted by Gasteiger charge is -2.09. The monoisotopic (exact) mass is 452 g/mol. The van der Waals surface area contributed by atoms with Gasteiger partial charge in [0.15, 0.2) is 0 Å². The fourth-order valence-electron chi connectivity index (χ4n) is 2.53. The predicted molar refractivity (Wildman–Crippen MR) is 107 cm³/mol. The van der Waals surface area contributed by atoms with Crippen LogP contribution < -0.4 is 9.44 Å². The van der Waals surface area contributed by atoms with E-state index in [1.54, 1.807) is 24.3 Å². The van der Waals surface area contributed by atoms with Crippen molar-refractivity contribution in [2.45, 2.75) is 22.9 Å². The first-order valence-electron chi connectivity index (χ1n) is 8.74. The zero-order valence-corrected chi connectivity index (χ0v) is 17.2. The minimum absolute atomic E-state index is 0.0152. The lowest BCUT2D eigenvalue weighted by Crippen LogP contribution is -2.24. The number of nitrogens with one attached hydrogen (secondary N) is 2. The molecule has 0 fully saturated rings. The van der Waals surface area contributed by atoms with Gasteiger partial charge in [-0.3, -0.25) is 0 Å². The minimum Gasteiger partial charge on any atom is -0.207 e. The van der Waals surface area contributed by atoms with E-state index < -0.39 is 31.7 Å². The number of rotatable bonds is 8. The average molecular weight is 453 g/mol. The van der Waals surface area contributed by atoms with Gasteiger partial charge >= 0.3 is 0 Å². The van der Waals surface area contributed by atoms with Crippen molar-refractivity contribution in [1.29, 1.82) is 0 Å². The topological polar surface area (TPSA) is 92.3 Å². The molecule has 0 spiro atoms. The van der Waals surface area contributed by atoms with Gasteiger partial charge in [0.25, 0.3) is 0 Å². The highest BCUT2D eigenvalue weighted by Crippen LogP contribution is 2.13. The SMILES string of the molecule is O=S(=O)(NCc1ccc(CNS(=O)(=O)c2ccc(F)cc2)cc1)c1ccc(F)cc1. The van der Waals surface area contributed by atoms with Crippen LogP contribution in [-0.2, 0) is 33.1 Å². The van der Waals surface area contributed by atoms with Gasteiger partial charge in [-0.25, -0.2) is 35.1 Å². The minimum atomic E-state index is -3.78. The third-order valence-electron chi connectivity index (χ3n) is 4.20. The molecule has 0 atom stereocenters. The molecule has 0 saturated carbocycles. The molecule has 0 heterocycles. The quantitative estimate of drug-likeness (QED) is 0.550. The molecule has 0 aliphatic heterocycles. The van der Waals surface area contributed by atoms with Crippen molar-refractivity contribution in [3.05, 3.63) is 95.6 Å². The molecule has 0 saturated heterocycles. The zero-order chi connectivity index (χ0) is 21.8. The molecule has 10 heteroatoms. The van der Waals surface area contributed by atoms with Gasteiger partial charge in [-0.2, -0.15) is 0 Å². The third-order valence-corrected chi connectivity index (χ3v) is 7.04. The van der Waals surface area contributed by atoms with Gasteiger partial charge in [0, 0.05) is 13.1 Å². The first-order chi connectivity index (χ1) is 14.2. The second-order valence-corrected chi connectivity index (χ2v) is 9.91. The van der Waals surface area contributed by atoms with Crippen molar-refractivity contribution in [1.82, 2.24) is 9.44 Å². The van der Waals surface area contributed by atoms with E-state index in [1.165, 1.54) is 24.3 Å². The van der Waals surface area contributed by atoms with Gasteiger partial charge in [0.1, 0.15) is 11.6 Å². The summed E-state index contributed by atoms with van der Waals surface area (Å²) < 4.78 is 79.6. The van der Waals surface area contributed by atoms with Crippen molar-refractivity contribution in [3.63, 3.8) is 0 Å². The summed E-state index contributed by atoms with van der Waals surface area (Å²) >= 11 is 0. The predicted octanol–water partition coefficient (Wildman–Crippen LogP) is 2.92. The summed E-state index contributed by atoms with van der Waals surface area (Å²) in [6.07, 6.45) is 0. The number of halogens is 2. The van der Waals surface area contributed by atoms with Crippen LogP contribution in [0, 0.1) is 11.6 Å². The Morgan fingerprint density at radius 3 is 1.13 bits per heavy atom. The molecule has 0 aromatic heterocycles. The van der Waals surface area contributed by atoms with Crippen molar-refractivity contribution >= 4 is 20.0 Å². The van der Waals surface area contributed by atoms with Crippen LogP contribution in [0.4, 0.5) is 8.78 Å². The summed E-state index contributed by atoms with van der Waals surface area (Å²) in [5.41, 5.74) is 1.32. The Bertz CT molecular complexity index is 1110. The van der Waals surface area contributed by atoms with Crippen molar-refractivity contribution in [2.75, 3.05) is 0 Å². The van der Waals surface area contributed by atoms with E-state index in [4.69, 9.17) is 0 Å². The zero-order valence-electron chi connectivity index (χ0n) is 15.5. The summed E-state index contributed by atoms with van der Waals surface area (Å²) in [6.45, 7) is 0.0303. The van der Waals surface area contributed by atoms with E-state index in [1.807, 2.05) is 0 Å². The largest absolute Gasteiger partial charge is 0.240 e. The highest BCUT2D eigenvalue weighted by atomic mass is 32.2. The Kier molecular flexibility index (Phi) is 6.61. The van der Waals surface area contributed by atoms with Crippen molar-refractivity contribution < 1.29 is 25.6 Å². The van der Waals surface area contributed by atoms with E-state index in [0.717, 1.165) is 24.3 Å². The van der Waals surface area contributed by atoms with Crippen LogP contribution in [0.15, 0.2) is 82.6 Å². The highest BCUT2D eigenvalue weighted by Gasteiger charge is 2.15. The van der Waals surface area contributed by atoms with E-state index in [2.05, 4.69) is 9.44 Å². The second-order valence-electron chi connectivity index (χ2n) is 6.37. The molecule has 0 aliphatic rings. The molecule has 30 heavy (non-hydrogen) atoms. The smallest absolute Gasteiger partial charge is 0.207 e. The van der Waals surface area contributed by atoms with Crippen LogP contribution in [0.5, 0.6) is 0 Å².